The van der Waals surface area contributed by atoms with E-state index in [-0.39, 0.29) is 28.8 Å². The molecule has 0 spiro atoms. The van der Waals surface area contributed by atoms with Gasteiger partial charge in [-0.25, -0.2) is 4.98 Å². The van der Waals surface area contributed by atoms with E-state index in [4.69, 9.17) is 4.74 Å². The molecule has 3 aliphatic carbocycles. The van der Waals surface area contributed by atoms with Crippen LogP contribution < -0.4 is 5.56 Å². The average molecular weight is 339 g/mol. The van der Waals surface area contributed by atoms with Crippen molar-refractivity contribution in [2.75, 3.05) is 7.11 Å². The van der Waals surface area contributed by atoms with E-state index in [2.05, 4.69) is 23.0 Å². The van der Waals surface area contributed by atoms with E-state index in [9.17, 15) is 9.59 Å². The Bertz CT molecular complexity index is 962. The molecule has 3 aliphatic rings. The molecule has 0 N–H and O–H groups in total. The highest BCUT2D eigenvalue weighted by molar-refractivity contribution is 5.80. The van der Waals surface area contributed by atoms with Gasteiger partial charge in [-0.2, -0.15) is 4.98 Å². The molecule has 6 nitrogen and oxygen atoms in total. The number of fused-ring (bicyclic) bond motifs is 3. The van der Waals surface area contributed by atoms with Gasteiger partial charge < -0.3 is 4.74 Å². The Morgan fingerprint density at radius 1 is 1.44 bits per heavy atom. The third-order valence-corrected chi connectivity index (χ3v) is 5.80. The molecule has 0 aromatic carbocycles. The van der Waals surface area contributed by atoms with Gasteiger partial charge in [-0.05, 0) is 38.3 Å². The molecule has 3 atom stereocenters. The fraction of sp³-hybridized carbons (Fsp3) is 0.474. The molecule has 1 saturated carbocycles. The van der Waals surface area contributed by atoms with Crippen molar-refractivity contribution in [3.05, 3.63) is 40.6 Å². The van der Waals surface area contributed by atoms with Crippen LogP contribution in [0.1, 0.15) is 32.0 Å². The summed E-state index contributed by atoms with van der Waals surface area (Å²) < 4.78 is 7.01. The number of aromatic nitrogens is 3. The molecule has 2 heterocycles. The number of carbonyl (C=O) groups is 1. The third kappa shape index (κ3) is 2.31. The van der Waals surface area contributed by atoms with Crippen LogP contribution in [0.5, 0.6) is 0 Å². The average Bonchev–Trinajstić information content (AvgIpc) is 2.61. The van der Waals surface area contributed by atoms with Gasteiger partial charge in [-0.1, -0.05) is 13.0 Å². The highest BCUT2D eigenvalue weighted by Gasteiger charge is 2.49. The lowest BCUT2D eigenvalue weighted by molar-refractivity contribution is -0.151. The van der Waals surface area contributed by atoms with Crippen molar-refractivity contribution < 1.29 is 9.53 Å². The topological polar surface area (TPSA) is 74.1 Å². The molecule has 1 fully saturated rings. The van der Waals surface area contributed by atoms with Gasteiger partial charge in [-0.3, -0.25) is 14.2 Å². The Morgan fingerprint density at radius 3 is 2.96 bits per heavy atom. The molecule has 130 valence electrons. The van der Waals surface area contributed by atoms with Crippen molar-refractivity contribution in [1.82, 2.24) is 14.5 Å². The number of aryl methyl sites for hydroxylation is 1. The summed E-state index contributed by atoms with van der Waals surface area (Å²) in [6.45, 7) is 3.95. The maximum atomic E-state index is 12.2. The van der Waals surface area contributed by atoms with Crippen LogP contribution in [0.25, 0.3) is 16.7 Å². The first-order chi connectivity index (χ1) is 11.9. The number of allylic oxidation sites excluding steroid dienone is 2. The van der Waals surface area contributed by atoms with Gasteiger partial charge in [0.05, 0.1) is 18.4 Å². The number of nitrogens with zero attached hydrogens (tertiary/aromatic N) is 3. The quantitative estimate of drug-likeness (QED) is 0.786. The molecule has 0 saturated heterocycles. The largest absolute Gasteiger partial charge is 0.469 e. The van der Waals surface area contributed by atoms with Gasteiger partial charge in [0.1, 0.15) is 5.82 Å². The highest BCUT2D eigenvalue weighted by atomic mass is 16.5. The third-order valence-electron chi connectivity index (χ3n) is 5.80. The minimum absolute atomic E-state index is 0.119. The zero-order valence-electron chi connectivity index (χ0n) is 14.7. The van der Waals surface area contributed by atoms with Crippen LogP contribution in [-0.2, 0) is 9.53 Å². The minimum Gasteiger partial charge on any atom is -0.469 e. The second-order valence-electron chi connectivity index (χ2n) is 7.30. The number of pyridine rings is 1. The summed E-state index contributed by atoms with van der Waals surface area (Å²) in [6, 6.07) is 3.51. The SMILES string of the molecule is COC(=O)C1CC2CCC1(C)C=C2n1c(C)nc(=O)c2cccnc21. The summed E-state index contributed by atoms with van der Waals surface area (Å²) in [4.78, 5) is 33.0. The number of hydrogen-bond donors (Lipinski definition) is 0. The van der Waals surface area contributed by atoms with Crippen LogP contribution in [0, 0.1) is 24.2 Å². The number of esters is 1. The first kappa shape index (κ1) is 16.0. The predicted octanol–water partition coefficient (Wildman–Crippen LogP) is 2.55. The second-order valence-corrected chi connectivity index (χ2v) is 7.30. The van der Waals surface area contributed by atoms with Crippen molar-refractivity contribution in [1.29, 1.82) is 0 Å². The highest BCUT2D eigenvalue weighted by Crippen LogP contribution is 2.54. The number of carbonyl (C=O) groups excluding carboxylic acids is 1. The Morgan fingerprint density at radius 2 is 2.24 bits per heavy atom. The maximum absolute atomic E-state index is 12.2. The molecule has 2 aromatic heterocycles. The lowest BCUT2D eigenvalue weighted by atomic mass is 9.58. The number of hydrogen-bond acceptors (Lipinski definition) is 5. The second kappa shape index (κ2) is 5.51. The molecule has 2 aromatic rings. The fourth-order valence-corrected chi connectivity index (χ4v) is 4.44. The first-order valence-electron chi connectivity index (χ1n) is 8.60. The van der Waals surface area contributed by atoms with Gasteiger partial charge in [0.15, 0.2) is 5.65 Å². The smallest absolute Gasteiger partial charge is 0.309 e. The minimum atomic E-state index is -0.253. The molecule has 6 heteroatoms. The van der Waals surface area contributed by atoms with E-state index in [0.29, 0.717) is 16.9 Å². The standard InChI is InChI=1S/C19H21N3O3/c1-11-21-17(23)13-5-4-8-20-16(13)22(11)15-10-19(2)7-6-12(15)9-14(19)18(24)25-3/h4-5,8,10,12,14H,6-7,9H2,1-3H3. The van der Waals surface area contributed by atoms with Gasteiger partial charge in [0, 0.05) is 23.2 Å². The molecule has 2 bridgehead atoms. The zero-order valence-corrected chi connectivity index (χ0v) is 14.7. The predicted molar refractivity (Wildman–Crippen MR) is 93.8 cm³/mol. The molecule has 3 unspecified atom stereocenters. The number of ether oxygens (including phenoxy) is 1. The monoisotopic (exact) mass is 339 g/mol. The number of rotatable bonds is 2. The zero-order chi connectivity index (χ0) is 17.8. The van der Waals surface area contributed by atoms with E-state index in [1.54, 1.807) is 18.3 Å². The van der Waals surface area contributed by atoms with E-state index >= 15 is 0 Å². The van der Waals surface area contributed by atoms with Gasteiger partial charge in [0.2, 0.25) is 0 Å². The molecule has 25 heavy (non-hydrogen) atoms. The van der Waals surface area contributed by atoms with Crippen LogP contribution in [0.15, 0.2) is 29.2 Å². The molecule has 0 aliphatic heterocycles. The first-order valence-corrected chi connectivity index (χ1v) is 8.60. The van der Waals surface area contributed by atoms with E-state index < -0.39 is 0 Å². The van der Waals surface area contributed by atoms with Crippen LogP contribution in [0.2, 0.25) is 0 Å². The van der Waals surface area contributed by atoms with Crippen molar-refractivity contribution in [2.24, 2.45) is 17.3 Å². The Balaban J connectivity index is 1.93. The lowest BCUT2D eigenvalue weighted by Crippen LogP contribution is -2.43. The van der Waals surface area contributed by atoms with Crippen molar-refractivity contribution in [3.63, 3.8) is 0 Å². The van der Waals surface area contributed by atoms with E-state index in [1.807, 2.05) is 11.5 Å². The number of methoxy groups -OCH3 is 1. The summed E-state index contributed by atoms with van der Waals surface area (Å²) in [6.07, 6.45) is 6.60. The normalized spacial score (nSPS) is 28.0. The fourth-order valence-electron chi connectivity index (χ4n) is 4.44. The van der Waals surface area contributed by atoms with Gasteiger partial charge in [-0.15, -0.1) is 0 Å². The molecular formula is C19H21N3O3. The molecular weight excluding hydrogens is 318 g/mol. The van der Waals surface area contributed by atoms with Crippen molar-refractivity contribution in [3.8, 4) is 0 Å². The van der Waals surface area contributed by atoms with Crippen molar-refractivity contribution in [2.45, 2.75) is 33.1 Å². The maximum Gasteiger partial charge on any atom is 0.309 e. The van der Waals surface area contributed by atoms with Gasteiger partial charge in [0.25, 0.3) is 5.56 Å². The molecule has 0 radical (unpaired) electrons. The summed E-state index contributed by atoms with van der Waals surface area (Å²) in [7, 11) is 1.45. The summed E-state index contributed by atoms with van der Waals surface area (Å²) >= 11 is 0. The Hall–Kier alpha value is -2.50. The lowest BCUT2D eigenvalue weighted by Gasteiger charge is -2.47. The summed E-state index contributed by atoms with van der Waals surface area (Å²) in [5, 5.41) is 0.519. The van der Waals surface area contributed by atoms with Crippen LogP contribution >= 0.6 is 0 Å². The Kier molecular flexibility index (Phi) is 3.52. The summed E-state index contributed by atoms with van der Waals surface area (Å²) in [5.41, 5.74) is 1.24. The van der Waals surface area contributed by atoms with Crippen LogP contribution in [0.3, 0.4) is 0 Å². The van der Waals surface area contributed by atoms with Crippen LogP contribution in [-0.4, -0.2) is 27.6 Å². The van der Waals surface area contributed by atoms with Crippen molar-refractivity contribution >= 4 is 22.7 Å². The molecule has 5 rings (SSSR count). The van der Waals surface area contributed by atoms with E-state index in [1.165, 1.54) is 7.11 Å². The van der Waals surface area contributed by atoms with E-state index in [0.717, 1.165) is 25.0 Å². The Labute approximate surface area is 145 Å². The van der Waals surface area contributed by atoms with Crippen LogP contribution in [0.4, 0.5) is 0 Å². The summed E-state index contributed by atoms with van der Waals surface area (Å²) in [5.74, 6) is 0.611. The van der Waals surface area contributed by atoms with Gasteiger partial charge >= 0.3 is 5.97 Å². The molecule has 0 amide bonds.